The minimum Gasteiger partial charge on any atom is -0.463 e. The molecule has 0 amide bonds. The van der Waals surface area contributed by atoms with Crippen molar-refractivity contribution in [2.45, 2.75) is 193 Å². The molecule has 0 aromatic rings. The molecule has 9 nitrogen and oxygen atoms in total. The number of carbonyl (C=O) groups is 2. The summed E-state index contributed by atoms with van der Waals surface area (Å²) in [5.41, 5.74) is 0. The summed E-state index contributed by atoms with van der Waals surface area (Å²) in [5.74, 6) is -0.560. The predicted octanol–water partition coefficient (Wildman–Crippen LogP) is 9.09. The first-order valence-electron chi connectivity index (χ1n) is 20.8. The van der Waals surface area contributed by atoms with Crippen LogP contribution in [0.4, 0.5) is 0 Å². The van der Waals surface area contributed by atoms with Crippen molar-refractivity contribution < 1.29 is 33.3 Å². The maximum absolute atomic E-state index is 12.9. The van der Waals surface area contributed by atoms with Gasteiger partial charge in [-0.1, -0.05) is 129 Å². The highest BCUT2D eigenvalue weighted by molar-refractivity contribution is 5.69. The van der Waals surface area contributed by atoms with Crippen molar-refractivity contribution in [1.82, 2.24) is 9.80 Å². The van der Waals surface area contributed by atoms with E-state index in [1.165, 1.54) is 103 Å². The van der Waals surface area contributed by atoms with Gasteiger partial charge in [-0.15, -0.1) is 0 Å². The van der Waals surface area contributed by atoms with E-state index >= 15 is 0 Å². The van der Waals surface area contributed by atoms with E-state index in [2.05, 4.69) is 23.6 Å². The maximum atomic E-state index is 12.9. The third-order valence-electron chi connectivity index (χ3n) is 9.51. The van der Waals surface area contributed by atoms with Crippen molar-refractivity contribution in [3.63, 3.8) is 0 Å². The summed E-state index contributed by atoms with van der Waals surface area (Å²) in [6, 6.07) is 0. The van der Waals surface area contributed by atoms with E-state index in [4.69, 9.17) is 23.7 Å². The zero-order valence-electron chi connectivity index (χ0n) is 33.6. The van der Waals surface area contributed by atoms with Crippen LogP contribution in [0.25, 0.3) is 0 Å². The van der Waals surface area contributed by atoms with Crippen molar-refractivity contribution in [2.75, 3.05) is 61.1 Å². The summed E-state index contributed by atoms with van der Waals surface area (Å²) >= 11 is 0. The molecule has 4 atom stereocenters. The molecule has 0 aromatic heterocycles. The zero-order chi connectivity index (χ0) is 36.7. The van der Waals surface area contributed by atoms with Crippen molar-refractivity contribution >= 4 is 11.9 Å². The summed E-state index contributed by atoms with van der Waals surface area (Å²) in [4.78, 5) is 29.6. The van der Waals surface area contributed by atoms with Gasteiger partial charge in [-0.05, 0) is 67.0 Å². The number of hydrogen-bond acceptors (Lipinski definition) is 9. The Bertz CT molecular complexity index is 797. The van der Waals surface area contributed by atoms with E-state index in [1.54, 1.807) is 0 Å². The van der Waals surface area contributed by atoms with E-state index in [-0.39, 0.29) is 18.5 Å². The Morgan fingerprint density at radius 1 is 0.520 bits per heavy atom. The van der Waals surface area contributed by atoms with Crippen LogP contribution >= 0.6 is 0 Å². The standard InChI is InChI=1S/C41H80N2O7/c1-7-9-11-13-15-17-19-21-23-25-33-46-39-36(35-48-37(44)29-27-31-42(3)4)49-41(50-38(45)30-28-32-43(5)6)40(39)47-34-26-24-22-20-18-16-14-12-10-8-2/h36,39-41H,7-35H2,1-6H3/t36-,39+,40+,41+/m1/s1. The van der Waals surface area contributed by atoms with Gasteiger partial charge in [-0.2, -0.15) is 0 Å². The second-order valence-corrected chi connectivity index (χ2v) is 15.1. The van der Waals surface area contributed by atoms with Crippen LogP contribution in [0.1, 0.15) is 168 Å². The molecule has 0 N–H and O–H groups in total. The van der Waals surface area contributed by atoms with E-state index in [1.807, 2.05) is 28.2 Å². The molecular formula is C41H80N2O7. The second kappa shape index (κ2) is 32.4. The van der Waals surface area contributed by atoms with Crippen molar-refractivity contribution in [2.24, 2.45) is 0 Å². The Balaban J connectivity index is 2.76. The number of esters is 2. The smallest absolute Gasteiger partial charge is 0.308 e. The van der Waals surface area contributed by atoms with Crippen LogP contribution in [0.3, 0.4) is 0 Å². The van der Waals surface area contributed by atoms with Crippen LogP contribution < -0.4 is 0 Å². The highest BCUT2D eigenvalue weighted by Crippen LogP contribution is 2.29. The van der Waals surface area contributed by atoms with Crippen LogP contribution in [0, 0.1) is 0 Å². The molecule has 0 unspecified atom stereocenters. The SMILES string of the molecule is CCCCCCCCCCCCO[C@@H]1[C@H](OC(=O)CCCN(C)C)O[C@H](COC(=O)CCCN(C)C)[C@@H]1OCCCCCCCCCCCC. The molecule has 1 fully saturated rings. The topological polar surface area (TPSA) is 86.8 Å². The lowest BCUT2D eigenvalue weighted by Crippen LogP contribution is -2.41. The number of unbranched alkanes of at least 4 members (excludes halogenated alkanes) is 18. The molecule has 1 aliphatic heterocycles. The maximum Gasteiger partial charge on any atom is 0.308 e. The number of nitrogens with zero attached hydrogens (tertiary/aromatic N) is 2. The fraction of sp³-hybridized carbons (Fsp3) is 0.951. The van der Waals surface area contributed by atoms with Gasteiger partial charge >= 0.3 is 11.9 Å². The Labute approximate surface area is 308 Å². The van der Waals surface area contributed by atoms with Gasteiger partial charge < -0.3 is 33.5 Å². The molecule has 1 rings (SSSR count). The number of ether oxygens (including phenoxy) is 5. The van der Waals surface area contributed by atoms with E-state index in [0.717, 1.165) is 45.2 Å². The van der Waals surface area contributed by atoms with Crippen molar-refractivity contribution in [3.8, 4) is 0 Å². The quantitative estimate of drug-likeness (QED) is 0.0472. The molecule has 0 radical (unpaired) electrons. The summed E-state index contributed by atoms with van der Waals surface area (Å²) in [6.07, 6.45) is 24.6. The van der Waals surface area contributed by atoms with Crippen LogP contribution in [0.5, 0.6) is 0 Å². The molecule has 0 aliphatic carbocycles. The lowest BCUT2D eigenvalue weighted by molar-refractivity contribution is -0.197. The molecule has 0 spiro atoms. The minimum absolute atomic E-state index is 0.0519. The van der Waals surface area contributed by atoms with E-state index in [0.29, 0.717) is 32.5 Å². The molecule has 0 aromatic carbocycles. The fourth-order valence-electron chi connectivity index (χ4n) is 6.43. The summed E-state index contributed by atoms with van der Waals surface area (Å²) in [5, 5.41) is 0. The number of carbonyl (C=O) groups excluding carboxylic acids is 2. The molecule has 0 saturated carbocycles. The Morgan fingerprint density at radius 3 is 1.36 bits per heavy atom. The molecule has 1 aliphatic rings. The van der Waals surface area contributed by atoms with Crippen LogP contribution in [-0.2, 0) is 33.3 Å². The van der Waals surface area contributed by atoms with Gasteiger partial charge in [0.2, 0.25) is 6.29 Å². The molecule has 296 valence electrons. The largest absolute Gasteiger partial charge is 0.463 e. The van der Waals surface area contributed by atoms with Crippen LogP contribution in [-0.4, -0.2) is 107 Å². The van der Waals surface area contributed by atoms with Gasteiger partial charge in [-0.25, -0.2) is 0 Å². The zero-order valence-corrected chi connectivity index (χ0v) is 33.6. The van der Waals surface area contributed by atoms with Gasteiger partial charge in [0.25, 0.3) is 0 Å². The van der Waals surface area contributed by atoms with Gasteiger partial charge in [0.05, 0.1) is 0 Å². The Morgan fingerprint density at radius 2 is 0.920 bits per heavy atom. The van der Waals surface area contributed by atoms with E-state index < -0.39 is 24.6 Å². The lowest BCUT2D eigenvalue weighted by atomic mass is 10.1. The summed E-state index contributed by atoms with van der Waals surface area (Å²) in [7, 11) is 7.97. The van der Waals surface area contributed by atoms with Gasteiger partial charge in [0, 0.05) is 26.1 Å². The predicted molar refractivity (Wildman–Crippen MR) is 204 cm³/mol. The van der Waals surface area contributed by atoms with Gasteiger partial charge in [0.15, 0.2) is 0 Å². The second-order valence-electron chi connectivity index (χ2n) is 15.1. The highest BCUT2D eigenvalue weighted by atomic mass is 16.7. The average Bonchev–Trinajstić information content (AvgIpc) is 3.39. The summed E-state index contributed by atoms with van der Waals surface area (Å²) in [6.45, 7) is 7.31. The van der Waals surface area contributed by atoms with Gasteiger partial charge in [-0.3, -0.25) is 9.59 Å². The highest BCUT2D eigenvalue weighted by Gasteiger charge is 2.49. The first-order chi connectivity index (χ1) is 24.3. The van der Waals surface area contributed by atoms with Gasteiger partial charge in [0.1, 0.15) is 24.9 Å². The van der Waals surface area contributed by atoms with Crippen LogP contribution in [0.15, 0.2) is 0 Å². The first kappa shape index (κ1) is 46.8. The lowest BCUT2D eigenvalue weighted by Gasteiger charge is -2.24. The van der Waals surface area contributed by atoms with E-state index in [9.17, 15) is 9.59 Å². The molecule has 0 bridgehead atoms. The molecule has 9 heteroatoms. The average molecular weight is 713 g/mol. The molecule has 1 saturated heterocycles. The van der Waals surface area contributed by atoms with Crippen LogP contribution in [0.2, 0.25) is 0 Å². The van der Waals surface area contributed by atoms with Crippen molar-refractivity contribution in [3.05, 3.63) is 0 Å². The summed E-state index contributed by atoms with van der Waals surface area (Å²) < 4.78 is 30.8. The Kier molecular flexibility index (Phi) is 30.3. The molecular weight excluding hydrogens is 632 g/mol. The third-order valence-corrected chi connectivity index (χ3v) is 9.51. The minimum atomic E-state index is -0.889. The fourth-order valence-corrected chi connectivity index (χ4v) is 6.43. The first-order valence-corrected chi connectivity index (χ1v) is 20.8. The normalized spacial score (nSPS) is 19.1. The van der Waals surface area contributed by atoms with Crippen molar-refractivity contribution in [1.29, 1.82) is 0 Å². The number of hydrogen-bond donors (Lipinski definition) is 0. The monoisotopic (exact) mass is 713 g/mol. The molecule has 1 heterocycles. The Hall–Kier alpha value is -1.26. The molecule has 50 heavy (non-hydrogen) atoms. The third kappa shape index (κ3) is 25.7. The number of rotatable bonds is 35.